The van der Waals surface area contributed by atoms with Crippen LogP contribution in [0.1, 0.15) is 42.5 Å². The van der Waals surface area contributed by atoms with Gasteiger partial charge in [-0.3, -0.25) is 4.68 Å². The summed E-state index contributed by atoms with van der Waals surface area (Å²) in [6, 6.07) is 2.07. The van der Waals surface area contributed by atoms with Crippen molar-refractivity contribution in [1.82, 2.24) is 9.78 Å². The molecule has 2 heterocycles. The number of nitrogens with zero attached hydrogens (tertiary/aromatic N) is 2. The molecule has 2 aromatic heterocycles. The summed E-state index contributed by atoms with van der Waals surface area (Å²) in [4.78, 5) is 0.985. The summed E-state index contributed by atoms with van der Waals surface area (Å²) in [7, 11) is 1.61. The van der Waals surface area contributed by atoms with Crippen molar-refractivity contribution in [3.8, 4) is 5.75 Å². The zero-order chi connectivity index (χ0) is 13.8. The number of aryl methyl sites for hydroxylation is 2. The first-order valence-electron chi connectivity index (χ1n) is 6.56. The molecule has 0 aliphatic rings. The molecule has 104 valence electrons. The maximum atomic E-state index is 10.7. The van der Waals surface area contributed by atoms with Gasteiger partial charge in [0.05, 0.1) is 13.3 Å². The summed E-state index contributed by atoms with van der Waals surface area (Å²) in [5.41, 5.74) is 1.94. The highest BCUT2D eigenvalue weighted by Crippen LogP contribution is 2.34. The zero-order valence-electron chi connectivity index (χ0n) is 11.6. The quantitative estimate of drug-likeness (QED) is 0.885. The van der Waals surface area contributed by atoms with E-state index >= 15 is 0 Å². The van der Waals surface area contributed by atoms with Crippen molar-refractivity contribution in [3.63, 3.8) is 0 Å². The summed E-state index contributed by atoms with van der Waals surface area (Å²) in [5, 5.41) is 17.0. The number of aromatic nitrogens is 2. The van der Waals surface area contributed by atoms with Crippen molar-refractivity contribution in [2.45, 2.75) is 39.3 Å². The van der Waals surface area contributed by atoms with Crippen LogP contribution >= 0.6 is 11.3 Å². The van der Waals surface area contributed by atoms with Crippen LogP contribution in [0.4, 0.5) is 0 Å². The lowest BCUT2D eigenvalue weighted by atomic mass is 10.1. The molecule has 4 nitrogen and oxygen atoms in total. The lowest BCUT2D eigenvalue weighted by Gasteiger charge is -2.15. The van der Waals surface area contributed by atoms with Crippen LogP contribution in [0.15, 0.2) is 17.6 Å². The number of ether oxygens (including phenoxy) is 1. The summed E-state index contributed by atoms with van der Waals surface area (Å²) < 4.78 is 7.16. The molecular formula is C14H20N2O2S. The minimum absolute atomic E-state index is 0.649. The van der Waals surface area contributed by atoms with Gasteiger partial charge in [0, 0.05) is 11.4 Å². The average molecular weight is 280 g/mol. The fourth-order valence-electron chi connectivity index (χ4n) is 2.20. The molecule has 0 aliphatic heterocycles. The molecular weight excluding hydrogens is 260 g/mol. The van der Waals surface area contributed by atoms with E-state index in [1.165, 1.54) is 5.56 Å². The number of methoxy groups -OCH3 is 1. The molecule has 0 amide bonds. The van der Waals surface area contributed by atoms with Crippen molar-refractivity contribution < 1.29 is 9.84 Å². The van der Waals surface area contributed by atoms with Crippen LogP contribution in [-0.2, 0) is 13.0 Å². The molecule has 19 heavy (non-hydrogen) atoms. The number of thiophene rings is 1. The van der Waals surface area contributed by atoms with Crippen molar-refractivity contribution in [3.05, 3.63) is 33.8 Å². The molecule has 0 radical (unpaired) electrons. The van der Waals surface area contributed by atoms with Gasteiger partial charge in [-0.05, 0) is 29.9 Å². The van der Waals surface area contributed by atoms with Crippen molar-refractivity contribution in [2.75, 3.05) is 7.11 Å². The number of hydrogen-bond acceptors (Lipinski definition) is 4. The van der Waals surface area contributed by atoms with Gasteiger partial charge in [0.1, 0.15) is 11.8 Å². The van der Waals surface area contributed by atoms with Crippen molar-refractivity contribution >= 4 is 11.3 Å². The summed E-state index contributed by atoms with van der Waals surface area (Å²) in [5.74, 6) is 0.649. The van der Waals surface area contributed by atoms with Crippen LogP contribution < -0.4 is 4.74 Å². The Morgan fingerprint density at radius 2 is 2.26 bits per heavy atom. The van der Waals surface area contributed by atoms with E-state index < -0.39 is 6.10 Å². The lowest BCUT2D eigenvalue weighted by Crippen LogP contribution is -2.11. The molecule has 0 bridgehead atoms. The Kier molecular flexibility index (Phi) is 4.61. The Morgan fingerprint density at radius 1 is 1.47 bits per heavy atom. The van der Waals surface area contributed by atoms with Crippen molar-refractivity contribution in [1.29, 1.82) is 0 Å². The van der Waals surface area contributed by atoms with Gasteiger partial charge in [0.25, 0.3) is 0 Å². The normalized spacial score (nSPS) is 12.6. The number of aliphatic hydroxyl groups is 1. The summed E-state index contributed by atoms with van der Waals surface area (Å²) in [6.07, 6.45) is 2.89. The molecule has 0 saturated heterocycles. The lowest BCUT2D eigenvalue weighted by molar-refractivity contribution is 0.204. The monoisotopic (exact) mass is 280 g/mol. The van der Waals surface area contributed by atoms with Crippen LogP contribution in [-0.4, -0.2) is 22.0 Å². The maximum absolute atomic E-state index is 10.7. The highest BCUT2D eigenvalue weighted by atomic mass is 32.1. The predicted octanol–water partition coefficient (Wildman–Crippen LogP) is 3.01. The van der Waals surface area contributed by atoms with E-state index in [0.717, 1.165) is 30.0 Å². The van der Waals surface area contributed by atoms with Crippen LogP contribution in [0.2, 0.25) is 0 Å². The molecule has 5 heteroatoms. The SMILES string of the molecule is CCCn1ncc(OC)c1C(O)c1sccc1CC. The molecule has 2 aromatic rings. The molecule has 0 aliphatic carbocycles. The molecule has 2 rings (SSSR count). The van der Waals surface area contributed by atoms with Crippen LogP contribution in [0.25, 0.3) is 0 Å². The first-order chi connectivity index (χ1) is 9.22. The highest BCUT2D eigenvalue weighted by molar-refractivity contribution is 7.10. The predicted molar refractivity (Wildman–Crippen MR) is 76.8 cm³/mol. The second-order valence-corrected chi connectivity index (χ2v) is 5.34. The Labute approximate surface area is 117 Å². The fourth-order valence-corrected chi connectivity index (χ4v) is 3.19. The van der Waals surface area contributed by atoms with Gasteiger partial charge in [-0.25, -0.2) is 0 Å². The van der Waals surface area contributed by atoms with E-state index in [9.17, 15) is 5.11 Å². The zero-order valence-corrected chi connectivity index (χ0v) is 12.4. The maximum Gasteiger partial charge on any atom is 0.163 e. The largest absolute Gasteiger partial charge is 0.493 e. The molecule has 0 aromatic carbocycles. The van der Waals surface area contributed by atoms with E-state index in [1.807, 2.05) is 10.1 Å². The smallest absolute Gasteiger partial charge is 0.163 e. The second-order valence-electron chi connectivity index (χ2n) is 4.39. The van der Waals surface area contributed by atoms with Gasteiger partial charge >= 0.3 is 0 Å². The summed E-state index contributed by atoms with van der Waals surface area (Å²) in [6.45, 7) is 4.97. The van der Waals surface area contributed by atoms with Gasteiger partial charge in [-0.1, -0.05) is 13.8 Å². The third-order valence-electron chi connectivity index (χ3n) is 3.17. The third kappa shape index (κ3) is 2.67. The number of rotatable bonds is 6. The van der Waals surface area contributed by atoms with E-state index in [-0.39, 0.29) is 0 Å². The third-order valence-corrected chi connectivity index (χ3v) is 4.18. The first-order valence-corrected chi connectivity index (χ1v) is 7.44. The molecule has 0 fully saturated rings. The van der Waals surface area contributed by atoms with Gasteiger partial charge in [-0.2, -0.15) is 5.10 Å². The van der Waals surface area contributed by atoms with E-state index in [1.54, 1.807) is 24.6 Å². The van der Waals surface area contributed by atoms with Gasteiger partial charge in [-0.15, -0.1) is 11.3 Å². The Bertz CT molecular complexity index is 533. The van der Waals surface area contributed by atoms with Crippen LogP contribution in [0, 0.1) is 0 Å². The average Bonchev–Trinajstić information content (AvgIpc) is 3.04. The Hall–Kier alpha value is -1.33. The van der Waals surface area contributed by atoms with Crippen LogP contribution in [0.3, 0.4) is 0 Å². The molecule has 0 spiro atoms. The topological polar surface area (TPSA) is 47.3 Å². The highest BCUT2D eigenvalue weighted by Gasteiger charge is 2.24. The van der Waals surface area contributed by atoms with E-state index in [0.29, 0.717) is 5.75 Å². The molecule has 1 unspecified atom stereocenters. The standard InChI is InChI=1S/C14H20N2O2S/c1-4-7-16-12(11(18-3)9-15-16)13(17)14-10(5-2)6-8-19-14/h6,8-9,13,17H,4-5,7H2,1-3H3. The van der Waals surface area contributed by atoms with Gasteiger partial charge < -0.3 is 9.84 Å². The summed E-state index contributed by atoms with van der Waals surface area (Å²) >= 11 is 1.58. The van der Waals surface area contributed by atoms with Crippen molar-refractivity contribution in [2.24, 2.45) is 0 Å². The Morgan fingerprint density at radius 3 is 2.89 bits per heavy atom. The minimum atomic E-state index is -0.668. The first kappa shape index (κ1) is 14.1. The number of hydrogen-bond donors (Lipinski definition) is 1. The second kappa shape index (κ2) is 6.21. The van der Waals surface area contributed by atoms with Gasteiger partial charge in [0.2, 0.25) is 0 Å². The van der Waals surface area contributed by atoms with Crippen LogP contribution in [0.5, 0.6) is 5.75 Å². The van der Waals surface area contributed by atoms with E-state index in [4.69, 9.17) is 4.74 Å². The fraction of sp³-hybridized carbons (Fsp3) is 0.500. The van der Waals surface area contributed by atoms with E-state index in [2.05, 4.69) is 25.0 Å². The Balaban J connectivity index is 2.42. The van der Waals surface area contributed by atoms with Gasteiger partial charge in [0.15, 0.2) is 5.75 Å². The molecule has 1 N–H and O–H groups in total. The minimum Gasteiger partial charge on any atom is -0.493 e. The molecule has 1 atom stereocenters. The molecule has 0 saturated carbocycles. The number of aliphatic hydroxyl groups excluding tert-OH is 1.